The molecule has 1 unspecified atom stereocenters. The van der Waals surface area contributed by atoms with Crippen molar-refractivity contribution in [1.29, 1.82) is 0 Å². The Bertz CT molecular complexity index is 846. The number of hydrogen-bond acceptors (Lipinski definition) is 5. The summed E-state index contributed by atoms with van der Waals surface area (Å²) < 4.78 is 5.71. The lowest BCUT2D eigenvalue weighted by Gasteiger charge is -2.18. The van der Waals surface area contributed by atoms with Gasteiger partial charge in [0.05, 0.1) is 29.8 Å². The van der Waals surface area contributed by atoms with Gasteiger partial charge in [-0.05, 0) is 17.7 Å². The number of rotatable bonds is 5. The number of nitrogens with zero attached hydrogens (tertiary/aromatic N) is 1. The Morgan fingerprint density at radius 3 is 2.56 bits per heavy atom. The summed E-state index contributed by atoms with van der Waals surface area (Å²) in [4.78, 5) is 28.3. The molecule has 2 amide bonds. The van der Waals surface area contributed by atoms with Gasteiger partial charge in [-0.2, -0.15) is 0 Å². The second kappa shape index (κ2) is 7.76. The van der Waals surface area contributed by atoms with E-state index >= 15 is 0 Å². The third kappa shape index (κ3) is 4.33. The summed E-state index contributed by atoms with van der Waals surface area (Å²) in [6.45, 7) is 0. The highest BCUT2D eigenvalue weighted by Crippen LogP contribution is 2.25. The fourth-order valence-corrected chi connectivity index (χ4v) is 3.27. The molecule has 128 valence electrons. The topological polar surface area (TPSA) is 80.3 Å². The number of carbonyl (C=O) groups is 2. The number of para-hydroxylation sites is 1. The Morgan fingerprint density at radius 2 is 1.84 bits per heavy atom. The first-order chi connectivity index (χ1) is 12.2. The average molecular weight is 355 g/mol. The van der Waals surface area contributed by atoms with Gasteiger partial charge in [0.25, 0.3) is 0 Å². The van der Waals surface area contributed by atoms with Crippen LogP contribution in [0.25, 0.3) is 10.2 Å². The normalized spacial score (nSPS) is 11.7. The van der Waals surface area contributed by atoms with E-state index in [4.69, 9.17) is 4.74 Å². The number of urea groups is 1. The van der Waals surface area contributed by atoms with Gasteiger partial charge in [0.1, 0.15) is 0 Å². The molecule has 0 aliphatic carbocycles. The van der Waals surface area contributed by atoms with E-state index in [-0.39, 0.29) is 6.42 Å². The van der Waals surface area contributed by atoms with Crippen molar-refractivity contribution in [3.63, 3.8) is 0 Å². The van der Waals surface area contributed by atoms with Crippen molar-refractivity contribution in [2.75, 3.05) is 12.4 Å². The molecule has 0 spiro atoms. The predicted octanol–water partition coefficient (Wildman–Crippen LogP) is 3.72. The molecule has 0 saturated carbocycles. The van der Waals surface area contributed by atoms with Crippen molar-refractivity contribution >= 4 is 38.7 Å². The lowest BCUT2D eigenvalue weighted by Crippen LogP contribution is -2.34. The third-order valence-corrected chi connectivity index (χ3v) is 4.57. The molecule has 2 N–H and O–H groups in total. The Labute approximate surface area is 148 Å². The van der Waals surface area contributed by atoms with Gasteiger partial charge in [-0.3, -0.25) is 10.1 Å². The van der Waals surface area contributed by atoms with Gasteiger partial charge in [0.15, 0.2) is 5.13 Å². The Balaban J connectivity index is 1.72. The van der Waals surface area contributed by atoms with Gasteiger partial charge >= 0.3 is 12.0 Å². The first-order valence-electron chi connectivity index (χ1n) is 7.70. The zero-order chi connectivity index (χ0) is 17.6. The maximum atomic E-state index is 12.3. The maximum Gasteiger partial charge on any atom is 0.321 e. The number of hydrogen-bond donors (Lipinski definition) is 2. The smallest absolute Gasteiger partial charge is 0.321 e. The number of amides is 2. The minimum absolute atomic E-state index is 0.0494. The molecule has 1 aromatic heterocycles. The van der Waals surface area contributed by atoms with Crippen LogP contribution in [-0.2, 0) is 9.53 Å². The van der Waals surface area contributed by atoms with E-state index in [9.17, 15) is 9.59 Å². The van der Waals surface area contributed by atoms with Crippen LogP contribution in [0.3, 0.4) is 0 Å². The molecule has 0 aliphatic rings. The van der Waals surface area contributed by atoms with Crippen LogP contribution in [0.15, 0.2) is 54.6 Å². The van der Waals surface area contributed by atoms with Gasteiger partial charge in [0.2, 0.25) is 0 Å². The van der Waals surface area contributed by atoms with Crippen LogP contribution in [0.2, 0.25) is 0 Å². The monoisotopic (exact) mass is 355 g/mol. The number of benzene rings is 2. The third-order valence-electron chi connectivity index (χ3n) is 3.62. The van der Waals surface area contributed by atoms with Crippen LogP contribution in [0.1, 0.15) is 18.0 Å². The molecule has 25 heavy (non-hydrogen) atoms. The number of carbonyl (C=O) groups excluding carboxylic acids is 2. The lowest BCUT2D eigenvalue weighted by atomic mass is 10.0. The molecule has 0 fully saturated rings. The van der Waals surface area contributed by atoms with Crippen molar-refractivity contribution < 1.29 is 14.3 Å². The van der Waals surface area contributed by atoms with Gasteiger partial charge in [-0.25, -0.2) is 9.78 Å². The SMILES string of the molecule is COC(=O)CC(NC(=O)Nc1nc2ccccc2s1)c1ccccc1. The zero-order valence-electron chi connectivity index (χ0n) is 13.6. The van der Waals surface area contributed by atoms with Crippen LogP contribution in [0, 0.1) is 0 Å². The second-order valence-corrected chi connectivity index (χ2v) is 6.36. The van der Waals surface area contributed by atoms with Crippen LogP contribution < -0.4 is 10.6 Å². The van der Waals surface area contributed by atoms with Gasteiger partial charge in [0, 0.05) is 0 Å². The summed E-state index contributed by atoms with van der Waals surface area (Å²) in [5.74, 6) is -0.394. The van der Waals surface area contributed by atoms with Crippen molar-refractivity contribution in [1.82, 2.24) is 10.3 Å². The van der Waals surface area contributed by atoms with Gasteiger partial charge in [-0.15, -0.1) is 0 Å². The van der Waals surface area contributed by atoms with E-state index in [0.29, 0.717) is 5.13 Å². The number of anilines is 1. The molecule has 3 rings (SSSR count). The molecule has 7 heteroatoms. The molecule has 0 bridgehead atoms. The first kappa shape index (κ1) is 16.9. The highest BCUT2D eigenvalue weighted by atomic mass is 32.1. The van der Waals surface area contributed by atoms with E-state index in [1.54, 1.807) is 0 Å². The van der Waals surface area contributed by atoms with E-state index in [1.807, 2.05) is 54.6 Å². The van der Waals surface area contributed by atoms with E-state index in [0.717, 1.165) is 15.8 Å². The molecule has 6 nitrogen and oxygen atoms in total. The van der Waals surface area contributed by atoms with Crippen molar-refractivity contribution in [2.45, 2.75) is 12.5 Å². The average Bonchev–Trinajstić information content (AvgIpc) is 3.03. The summed E-state index contributed by atoms with van der Waals surface area (Å²) in [5, 5.41) is 6.04. The van der Waals surface area contributed by atoms with Gasteiger partial charge < -0.3 is 10.1 Å². The fraction of sp³-hybridized carbons (Fsp3) is 0.167. The quantitative estimate of drug-likeness (QED) is 0.684. The molecule has 1 heterocycles. The number of fused-ring (bicyclic) bond motifs is 1. The number of aromatic nitrogens is 1. The minimum atomic E-state index is -0.483. The Hall–Kier alpha value is -2.93. The highest BCUT2D eigenvalue weighted by molar-refractivity contribution is 7.22. The van der Waals surface area contributed by atoms with Gasteiger partial charge in [-0.1, -0.05) is 53.8 Å². The predicted molar refractivity (Wildman–Crippen MR) is 97.6 cm³/mol. The van der Waals surface area contributed by atoms with E-state index in [2.05, 4.69) is 15.6 Å². The minimum Gasteiger partial charge on any atom is -0.469 e. The van der Waals surface area contributed by atoms with Crippen LogP contribution in [0.4, 0.5) is 9.93 Å². The lowest BCUT2D eigenvalue weighted by molar-refractivity contribution is -0.141. The summed E-state index contributed by atoms with van der Waals surface area (Å²) in [5.41, 5.74) is 1.66. The molecule has 1 atom stereocenters. The van der Waals surface area contributed by atoms with Crippen LogP contribution >= 0.6 is 11.3 Å². The van der Waals surface area contributed by atoms with E-state index in [1.165, 1.54) is 18.4 Å². The molecule has 3 aromatic rings. The van der Waals surface area contributed by atoms with Crippen molar-refractivity contribution in [2.24, 2.45) is 0 Å². The van der Waals surface area contributed by atoms with E-state index < -0.39 is 18.0 Å². The first-order valence-corrected chi connectivity index (χ1v) is 8.52. The van der Waals surface area contributed by atoms with Crippen LogP contribution in [0.5, 0.6) is 0 Å². The summed E-state index contributed by atoms with van der Waals surface area (Å²) in [6.07, 6.45) is 0.0494. The highest BCUT2D eigenvalue weighted by Gasteiger charge is 2.19. The number of methoxy groups -OCH3 is 1. The Morgan fingerprint density at radius 1 is 1.12 bits per heavy atom. The fourth-order valence-electron chi connectivity index (χ4n) is 2.40. The number of thiazole rings is 1. The maximum absolute atomic E-state index is 12.3. The van der Waals surface area contributed by atoms with Crippen LogP contribution in [-0.4, -0.2) is 24.1 Å². The summed E-state index contributed by atoms with van der Waals surface area (Å²) >= 11 is 1.39. The number of ether oxygens (including phenoxy) is 1. The molecular weight excluding hydrogens is 338 g/mol. The zero-order valence-corrected chi connectivity index (χ0v) is 14.4. The summed E-state index contributed by atoms with van der Waals surface area (Å²) in [6, 6.07) is 16.0. The summed E-state index contributed by atoms with van der Waals surface area (Å²) in [7, 11) is 1.32. The Kier molecular flexibility index (Phi) is 5.25. The van der Waals surface area contributed by atoms with Crippen molar-refractivity contribution in [3.8, 4) is 0 Å². The second-order valence-electron chi connectivity index (χ2n) is 5.33. The molecular formula is C18H17N3O3S. The standard InChI is InChI=1S/C18H17N3O3S/c1-24-16(22)11-14(12-7-3-2-4-8-12)19-17(23)21-18-20-13-9-5-6-10-15(13)25-18/h2-10,14H,11H2,1H3,(H2,19,20,21,23). The van der Waals surface area contributed by atoms with Crippen molar-refractivity contribution in [3.05, 3.63) is 60.2 Å². The molecule has 0 radical (unpaired) electrons. The molecule has 0 aliphatic heterocycles. The number of esters is 1. The largest absolute Gasteiger partial charge is 0.469 e. The molecule has 0 saturated heterocycles. The number of nitrogens with one attached hydrogen (secondary N) is 2. The molecule has 2 aromatic carbocycles.